The lowest BCUT2D eigenvalue weighted by Gasteiger charge is -2.24. The van der Waals surface area contributed by atoms with Crippen LogP contribution in [-0.2, 0) is 14.9 Å². The van der Waals surface area contributed by atoms with Crippen molar-refractivity contribution < 1.29 is 28.0 Å². The summed E-state index contributed by atoms with van der Waals surface area (Å²) < 4.78 is 32.1. The number of nitrogens with one attached hydrogen (secondary N) is 1. The molecule has 3 atom stereocenters. The van der Waals surface area contributed by atoms with Gasteiger partial charge in [-0.3, -0.25) is 9.35 Å². The third-order valence-corrected chi connectivity index (χ3v) is 8.45. The first kappa shape index (κ1) is 38.3. The van der Waals surface area contributed by atoms with Gasteiger partial charge in [-0.1, -0.05) is 155 Å². The molecule has 1 amide bonds. The van der Waals surface area contributed by atoms with Gasteiger partial charge in [0, 0.05) is 0 Å². The summed E-state index contributed by atoms with van der Waals surface area (Å²) in [4.78, 5) is 12.5. The summed E-state index contributed by atoms with van der Waals surface area (Å²) in [6.07, 6.45) is 24.3. The van der Waals surface area contributed by atoms with E-state index in [1.165, 1.54) is 96.3 Å². The van der Waals surface area contributed by atoms with Crippen LogP contribution in [0.15, 0.2) is 0 Å². The summed E-state index contributed by atoms with van der Waals surface area (Å²) in [5.74, 6) is -1.45. The van der Waals surface area contributed by atoms with Gasteiger partial charge < -0.3 is 15.5 Å². The molecule has 0 fully saturated rings. The maximum atomic E-state index is 12.5. The molecule has 0 spiro atoms. The lowest BCUT2D eigenvalue weighted by molar-refractivity contribution is -0.131. The smallest absolute Gasteiger partial charge is 0.266 e. The van der Waals surface area contributed by atoms with E-state index in [-0.39, 0.29) is 0 Å². The molecule has 3 unspecified atom stereocenters. The van der Waals surface area contributed by atoms with Crippen molar-refractivity contribution >= 4 is 16.0 Å². The summed E-state index contributed by atoms with van der Waals surface area (Å²) in [5.41, 5.74) is 0. The highest BCUT2D eigenvalue weighted by Gasteiger charge is 2.28. The van der Waals surface area contributed by atoms with Crippen molar-refractivity contribution in [3.05, 3.63) is 0 Å². The largest absolute Gasteiger partial charge is 0.391 e. The van der Waals surface area contributed by atoms with Gasteiger partial charge in [-0.05, 0) is 12.8 Å². The van der Waals surface area contributed by atoms with Crippen molar-refractivity contribution in [3.63, 3.8) is 0 Å². The van der Waals surface area contributed by atoms with Crippen LogP contribution in [0, 0.1) is 0 Å². The molecule has 0 aromatic carbocycles. The Bertz CT molecular complexity index is 657. The molecule has 0 aliphatic rings. The molecule has 39 heavy (non-hydrogen) atoms. The van der Waals surface area contributed by atoms with Crippen LogP contribution < -0.4 is 5.32 Å². The van der Waals surface area contributed by atoms with Gasteiger partial charge in [-0.2, -0.15) is 8.42 Å². The highest BCUT2D eigenvalue weighted by Crippen LogP contribution is 2.15. The second-order valence-electron chi connectivity index (χ2n) is 11.6. The van der Waals surface area contributed by atoms with E-state index in [9.17, 15) is 28.0 Å². The second kappa shape index (κ2) is 26.2. The molecule has 0 radical (unpaired) electrons. The van der Waals surface area contributed by atoms with Gasteiger partial charge in [0.1, 0.15) is 6.10 Å². The fourth-order valence-electron chi connectivity index (χ4n) is 5.11. The van der Waals surface area contributed by atoms with Crippen molar-refractivity contribution in [3.8, 4) is 0 Å². The summed E-state index contributed by atoms with van der Waals surface area (Å²) in [6, 6.07) is -1.14. The first-order valence-corrected chi connectivity index (χ1v) is 17.9. The average Bonchev–Trinajstić information content (AvgIpc) is 2.88. The molecule has 0 aromatic rings. The zero-order valence-electron chi connectivity index (χ0n) is 25.4. The fraction of sp³-hybridized carbons (Fsp3) is 0.968. The van der Waals surface area contributed by atoms with Gasteiger partial charge in [0.05, 0.1) is 17.9 Å². The predicted molar refractivity (Wildman–Crippen MR) is 163 cm³/mol. The van der Waals surface area contributed by atoms with Gasteiger partial charge in [0.15, 0.2) is 0 Å². The number of carbonyl (C=O) groups excluding carboxylic acids is 1. The van der Waals surface area contributed by atoms with E-state index in [0.29, 0.717) is 19.3 Å². The van der Waals surface area contributed by atoms with E-state index < -0.39 is 40.0 Å². The quantitative estimate of drug-likeness (QED) is 0.0539. The Morgan fingerprint density at radius 2 is 0.923 bits per heavy atom. The summed E-state index contributed by atoms with van der Waals surface area (Å²) in [7, 11) is -4.39. The van der Waals surface area contributed by atoms with Crippen molar-refractivity contribution in [2.24, 2.45) is 0 Å². The van der Waals surface area contributed by atoms with Crippen LogP contribution in [0.2, 0.25) is 0 Å². The third kappa shape index (κ3) is 26.0. The van der Waals surface area contributed by atoms with Crippen molar-refractivity contribution in [1.82, 2.24) is 5.32 Å². The topological polar surface area (TPSA) is 124 Å². The molecule has 0 saturated carbocycles. The van der Waals surface area contributed by atoms with Crippen molar-refractivity contribution in [2.45, 2.75) is 186 Å². The predicted octanol–water partition coefficient (Wildman–Crippen LogP) is 7.48. The molecule has 0 aliphatic heterocycles. The number of rotatable bonds is 29. The number of unbranched alkanes of at least 4 members (excludes halogenated alkanes) is 20. The average molecular weight is 578 g/mol. The van der Waals surface area contributed by atoms with Gasteiger partial charge in [-0.25, -0.2) is 0 Å². The molecule has 0 heterocycles. The number of carbonyl (C=O) groups is 1. The maximum absolute atomic E-state index is 12.5. The van der Waals surface area contributed by atoms with Crippen LogP contribution in [0.25, 0.3) is 0 Å². The van der Waals surface area contributed by atoms with Gasteiger partial charge in [0.2, 0.25) is 5.91 Å². The molecular formula is C31H63NO6S. The summed E-state index contributed by atoms with van der Waals surface area (Å²) in [6.45, 7) is 4.42. The number of aliphatic hydroxyl groups excluding tert-OH is 2. The Kier molecular flexibility index (Phi) is 25.7. The first-order chi connectivity index (χ1) is 18.7. The van der Waals surface area contributed by atoms with Crippen LogP contribution >= 0.6 is 0 Å². The Balaban J connectivity index is 4.01. The maximum Gasteiger partial charge on any atom is 0.266 e. The lowest BCUT2D eigenvalue weighted by atomic mass is 10.0. The number of aliphatic hydroxyl groups is 2. The normalized spacial score (nSPS) is 14.3. The van der Waals surface area contributed by atoms with E-state index in [1.54, 1.807) is 0 Å². The number of hydrogen-bond donors (Lipinski definition) is 4. The standard InChI is InChI=1S/C31H63NO6S/c1-3-5-7-9-11-12-13-14-15-16-17-18-20-22-24-26-30(34)31(35)32-28(27-39(36,37)38)29(33)25-23-21-19-10-8-6-4-2/h28-30,33-34H,3-27H2,1-2H3,(H,32,35)(H,36,37,38). The van der Waals surface area contributed by atoms with E-state index >= 15 is 0 Å². The molecule has 234 valence electrons. The van der Waals surface area contributed by atoms with Gasteiger partial charge >= 0.3 is 0 Å². The molecule has 7 nitrogen and oxygen atoms in total. The van der Waals surface area contributed by atoms with Gasteiger partial charge in [-0.15, -0.1) is 0 Å². The summed E-state index contributed by atoms with van der Waals surface area (Å²) in [5, 5.41) is 23.2. The highest BCUT2D eigenvalue weighted by molar-refractivity contribution is 7.85. The minimum absolute atomic E-state index is 0.302. The Morgan fingerprint density at radius 3 is 1.28 bits per heavy atom. The lowest BCUT2D eigenvalue weighted by Crippen LogP contribution is -2.50. The van der Waals surface area contributed by atoms with E-state index in [4.69, 9.17) is 0 Å². The van der Waals surface area contributed by atoms with Crippen molar-refractivity contribution in [1.29, 1.82) is 0 Å². The van der Waals surface area contributed by atoms with Crippen LogP contribution in [-0.4, -0.2) is 53.1 Å². The molecule has 0 rings (SSSR count). The van der Waals surface area contributed by atoms with Crippen LogP contribution in [0.5, 0.6) is 0 Å². The molecule has 4 N–H and O–H groups in total. The van der Waals surface area contributed by atoms with Crippen molar-refractivity contribution in [2.75, 3.05) is 5.75 Å². The highest BCUT2D eigenvalue weighted by atomic mass is 32.2. The third-order valence-electron chi connectivity index (χ3n) is 7.67. The minimum Gasteiger partial charge on any atom is -0.391 e. The first-order valence-electron chi connectivity index (χ1n) is 16.3. The monoisotopic (exact) mass is 577 g/mol. The second-order valence-corrected chi connectivity index (χ2v) is 13.1. The number of amides is 1. The van der Waals surface area contributed by atoms with Crippen LogP contribution in [0.4, 0.5) is 0 Å². The summed E-state index contributed by atoms with van der Waals surface area (Å²) >= 11 is 0. The van der Waals surface area contributed by atoms with E-state index in [0.717, 1.165) is 38.5 Å². The minimum atomic E-state index is -4.39. The Morgan fingerprint density at radius 1 is 0.590 bits per heavy atom. The molecule has 0 saturated heterocycles. The van der Waals surface area contributed by atoms with E-state index in [2.05, 4.69) is 19.2 Å². The SMILES string of the molecule is CCCCCCCCCCCCCCCCCC(O)C(=O)NC(CS(=O)(=O)O)C(O)CCCCCCCCC. The van der Waals surface area contributed by atoms with Crippen LogP contribution in [0.3, 0.4) is 0 Å². The Hall–Kier alpha value is -0.700. The number of hydrogen-bond acceptors (Lipinski definition) is 5. The molecule has 0 aliphatic carbocycles. The Labute approximate surface area is 241 Å². The molecule has 0 aromatic heterocycles. The van der Waals surface area contributed by atoms with Crippen LogP contribution in [0.1, 0.15) is 168 Å². The fourth-order valence-corrected chi connectivity index (χ4v) is 5.87. The molecule has 8 heteroatoms. The molecule has 0 bridgehead atoms. The molecular weight excluding hydrogens is 514 g/mol. The zero-order valence-corrected chi connectivity index (χ0v) is 26.2. The van der Waals surface area contributed by atoms with Gasteiger partial charge in [0.25, 0.3) is 10.1 Å². The van der Waals surface area contributed by atoms with E-state index in [1.807, 2.05) is 0 Å². The zero-order chi connectivity index (χ0) is 29.2.